The van der Waals surface area contributed by atoms with Crippen LogP contribution in [0.3, 0.4) is 0 Å². The van der Waals surface area contributed by atoms with Crippen LogP contribution in [-0.4, -0.2) is 60.0 Å². The first-order valence-electron chi connectivity index (χ1n) is 12.0. The average Bonchev–Trinajstić information content (AvgIpc) is 3.32. The maximum atomic E-state index is 14.0. The summed E-state index contributed by atoms with van der Waals surface area (Å²) in [5, 5.41) is 0. The molecule has 3 aliphatic rings. The number of ether oxygens (including phenoxy) is 1. The third-order valence-electron chi connectivity index (χ3n) is 7.66. The number of hydrogen-bond acceptors (Lipinski definition) is 5. The molecule has 0 aliphatic carbocycles. The predicted molar refractivity (Wildman–Crippen MR) is 125 cm³/mol. The highest BCUT2D eigenvalue weighted by Crippen LogP contribution is 2.39. The molecule has 0 N–H and O–H groups in total. The van der Waals surface area contributed by atoms with Crippen molar-refractivity contribution in [1.29, 1.82) is 0 Å². The Kier molecular flexibility index (Phi) is 5.69. The summed E-state index contributed by atoms with van der Waals surface area (Å²) >= 11 is 0. The second-order valence-corrected chi connectivity index (χ2v) is 9.72. The number of benzene rings is 1. The first kappa shape index (κ1) is 22.0. The first-order valence-corrected chi connectivity index (χ1v) is 12.0. The Morgan fingerprint density at radius 2 is 1.94 bits per heavy atom. The minimum absolute atomic E-state index is 0.0813. The van der Waals surface area contributed by atoms with E-state index in [4.69, 9.17) is 14.7 Å². The SMILES string of the molecule is Cc1cccc(C2(C(=O)N3CCC(c4nc(C)c5c(n4)N(C)C(=O)CC5)C3)CCOCC2)c1. The minimum atomic E-state index is -0.529. The summed E-state index contributed by atoms with van der Waals surface area (Å²) in [4.78, 5) is 39.5. The van der Waals surface area contributed by atoms with Gasteiger partial charge in [-0.25, -0.2) is 9.97 Å². The van der Waals surface area contributed by atoms with Crippen LogP contribution >= 0.6 is 0 Å². The van der Waals surface area contributed by atoms with Gasteiger partial charge in [0.25, 0.3) is 0 Å². The summed E-state index contributed by atoms with van der Waals surface area (Å²) in [6.45, 7) is 6.59. The molecule has 7 nitrogen and oxygen atoms in total. The van der Waals surface area contributed by atoms with Crippen LogP contribution in [0, 0.1) is 13.8 Å². The molecular weight excluding hydrogens is 416 g/mol. The van der Waals surface area contributed by atoms with Gasteiger partial charge in [-0.1, -0.05) is 29.8 Å². The normalized spacial score (nSPS) is 22.4. The van der Waals surface area contributed by atoms with Crippen molar-refractivity contribution in [2.75, 3.05) is 38.3 Å². The number of fused-ring (bicyclic) bond motifs is 1. The smallest absolute Gasteiger partial charge is 0.233 e. The maximum absolute atomic E-state index is 14.0. The number of likely N-dealkylation sites (tertiary alicyclic amines) is 1. The quantitative estimate of drug-likeness (QED) is 0.721. The summed E-state index contributed by atoms with van der Waals surface area (Å²) in [7, 11) is 1.79. The van der Waals surface area contributed by atoms with E-state index >= 15 is 0 Å². The van der Waals surface area contributed by atoms with Gasteiger partial charge in [-0.15, -0.1) is 0 Å². The minimum Gasteiger partial charge on any atom is -0.381 e. The van der Waals surface area contributed by atoms with Gasteiger partial charge in [-0.2, -0.15) is 0 Å². The van der Waals surface area contributed by atoms with Gasteiger partial charge < -0.3 is 9.64 Å². The lowest BCUT2D eigenvalue weighted by Crippen LogP contribution is -2.49. The number of aromatic nitrogens is 2. The monoisotopic (exact) mass is 448 g/mol. The molecule has 3 aliphatic heterocycles. The highest BCUT2D eigenvalue weighted by molar-refractivity contribution is 5.95. The summed E-state index contributed by atoms with van der Waals surface area (Å²) in [6.07, 6.45) is 3.45. The summed E-state index contributed by atoms with van der Waals surface area (Å²) < 4.78 is 5.64. The number of anilines is 1. The Balaban J connectivity index is 1.41. The van der Waals surface area contributed by atoms with E-state index in [9.17, 15) is 9.59 Å². The number of nitrogens with zero attached hydrogens (tertiary/aromatic N) is 4. The van der Waals surface area contributed by atoms with Crippen LogP contribution in [0.2, 0.25) is 0 Å². The molecule has 7 heteroatoms. The second kappa shape index (κ2) is 8.52. The molecule has 1 unspecified atom stereocenters. The van der Waals surface area contributed by atoms with Crippen molar-refractivity contribution in [2.45, 2.75) is 57.3 Å². The number of amides is 2. The van der Waals surface area contributed by atoms with Crippen molar-refractivity contribution in [1.82, 2.24) is 14.9 Å². The zero-order valence-corrected chi connectivity index (χ0v) is 19.8. The highest BCUT2D eigenvalue weighted by Gasteiger charge is 2.46. The number of aryl methyl sites for hydroxylation is 2. The van der Waals surface area contributed by atoms with Crippen molar-refractivity contribution < 1.29 is 14.3 Å². The highest BCUT2D eigenvalue weighted by atomic mass is 16.5. The van der Waals surface area contributed by atoms with Crippen LogP contribution in [0.1, 0.15) is 59.8 Å². The molecule has 1 atom stereocenters. The topological polar surface area (TPSA) is 75.6 Å². The van der Waals surface area contributed by atoms with E-state index in [0.29, 0.717) is 52.0 Å². The first-order chi connectivity index (χ1) is 15.9. The molecule has 0 saturated carbocycles. The van der Waals surface area contributed by atoms with Gasteiger partial charge in [0.05, 0.1) is 5.41 Å². The predicted octanol–water partition coefficient (Wildman–Crippen LogP) is 3.07. The van der Waals surface area contributed by atoms with Crippen LogP contribution in [0.25, 0.3) is 0 Å². The molecule has 1 aromatic carbocycles. The molecular formula is C26H32N4O3. The molecule has 2 aromatic rings. The van der Waals surface area contributed by atoms with Gasteiger partial charge in [0, 0.05) is 56.9 Å². The molecule has 2 fully saturated rings. The molecule has 2 amide bonds. The standard InChI is InChI=1S/C26H32N4O3/c1-17-5-4-6-20(15-17)26(10-13-33-14-11-26)25(32)30-12-9-19(16-30)23-27-18(2)21-7-8-22(31)29(3)24(21)28-23/h4-6,15,19H,7-14,16H2,1-3H3. The third-order valence-corrected chi connectivity index (χ3v) is 7.66. The largest absolute Gasteiger partial charge is 0.381 e. The molecule has 2 saturated heterocycles. The van der Waals surface area contributed by atoms with E-state index in [1.807, 2.05) is 17.9 Å². The van der Waals surface area contributed by atoms with Crippen molar-refractivity contribution in [3.63, 3.8) is 0 Å². The van der Waals surface area contributed by atoms with Gasteiger partial charge in [0.1, 0.15) is 11.6 Å². The number of carbonyl (C=O) groups is 2. The van der Waals surface area contributed by atoms with E-state index in [-0.39, 0.29) is 17.7 Å². The summed E-state index contributed by atoms with van der Waals surface area (Å²) in [6, 6.07) is 8.36. The van der Waals surface area contributed by atoms with Gasteiger partial charge in [0.15, 0.2) is 0 Å². The van der Waals surface area contributed by atoms with E-state index < -0.39 is 5.41 Å². The van der Waals surface area contributed by atoms with Crippen molar-refractivity contribution in [3.05, 3.63) is 52.5 Å². The number of carbonyl (C=O) groups excluding carboxylic acids is 2. The lowest BCUT2D eigenvalue weighted by Gasteiger charge is -2.39. The molecule has 4 heterocycles. The van der Waals surface area contributed by atoms with E-state index in [2.05, 4.69) is 25.1 Å². The summed E-state index contributed by atoms with van der Waals surface area (Å²) in [5.41, 5.74) is 3.74. The van der Waals surface area contributed by atoms with Crippen LogP contribution in [0.15, 0.2) is 24.3 Å². The lowest BCUT2D eigenvalue weighted by atomic mass is 9.72. The zero-order chi connectivity index (χ0) is 23.2. The van der Waals surface area contributed by atoms with Gasteiger partial charge in [-0.05, 0) is 45.1 Å². The van der Waals surface area contributed by atoms with Gasteiger partial charge in [-0.3, -0.25) is 14.5 Å². The van der Waals surface area contributed by atoms with Gasteiger partial charge >= 0.3 is 0 Å². The number of hydrogen-bond donors (Lipinski definition) is 0. The molecule has 0 radical (unpaired) electrons. The van der Waals surface area contributed by atoms with Crippen molar-refractivity contribution >= 4 is 17.6 Å². The van der Waals surface area contributed by atoms with E-state index in [1.54, 1.807) is 11.9 Å². The maximum Gasteiger partial charge on any atom is 0.233 e. The Labute approximate surface area is 195 Å². The fourth-order valence-electron chi connectivity index (χ4n) is 5.62. The molecule has 0 bridgehead atoms. The summed E-state index contributed by atoms with van der Waals surface area (Å²) in [5.74, 6) is 1.85. The molecule has 0 spiro atoms. The van der Waals surface area contributed by atoms with E-state index in [0.717, 1.165) is 34.9 Å². The number of rotatable bonds is 3. The third kappa shape index (κ3) is 3.82. The lowest BCUT2D eigenvalue weighted by molar-refractivity contribution is -0.140. The average molecular weight is 449 g/mol. The van der Waals surface area contributed by atoms with Crippen molar-refractivity contribution in [3.8, 4) is 0 Å². The van der Waals surface area contributed by atoms with Crippen LogP contribution in [0.5, 0.6) is 0 Å². The second-order valence-electron chi connectivity index (χ2n) is 9.72. The van der Waals surface area contributed by atoms with Crippen LogP contribution in [-0.2, 0) is 26.2 Å². The van der Waals surface area contributed by atoms with Gasteiger partial charge in [0.2, 0.25) is 11.8 Å². The Hall–Kier alpha value is -2.80. The molecule has 174 valence electrons. The zero-order valence-electron chi connectivity index (χ0n) is 19.8. The fourth-order valence-corrected chi connectivity index (χ4v) is 5.62. The Morgan fingerprint density at radius 3 is 2.70 bits per heavy atom. The Bertz CT molecular complexity index is 1090. The van der Waals surface area contributed by atoms with Crippen LogP contribution < -0.4 is 4.90 Å². The molecule has 5 rings (SSSR count). The van der Waals surface area contributed by atoms with E-state index in [1.165, 1.54) is 5.56 Å². The van der Waals surface area contributed by atoms with Crippen LogP contribution in [0.4, 0.5) is 5.82 Å². The molecule has 1 aromatic heterocycles. The Morgan fingerprint density at radius 1 is 1.15 bits per heavy atom. The fraction of sp³-hybridized carbons (Fsp3) is 0.538. The molecule has 33 heavy (non-hydrogen) atoms. The van der Waals surface area contributed by atoms with Crippen molar-refractivity contribution in [2.24, 2.45) is 0 Å².